The highest BCUT2D eigenvalue weighted by Crippen LogP contribution is 2.74. The molecule has 0 radical (unpaired) electrons. The number of hydrogen-bond donors (Lipinski definition) is 0. The number of anilines is 1. The number of halogens is 3. The lowest BCUT2D eigenvalue weighted by molar-refractivity contribution is -0.130. The summed E-state index contributed by atoms with van der Waals surface area (Å²) in [5, 5.41) is 0.943. The second-order valence-electron chi connectivity index (χ2n) is 11.9. The van der Waals surface area contributed by atoms with Crippen molar-refractivity contribution in [1.29, 1.82) is 0 Å². The van der Waals surface area contributed by atoms with Crippen molar-refractivity contribution < 1.29 is 18.8 Å². The van der Waals surface area contributed by atoms with Crippen molar-refractivity contribution in [2.45, 2.75) is 10.8 Å². The zero-order chi connectivity index (χ0) is 31.8. The van der Waals surface area contributed by atoms with Gasteiger partial charge in [0.2, 0.25) is 11.8 Å². The number of allylic oxidation sites excluding steroid dienone is 2. The number of benzene rings is 5. The fraction of sp³-hybridized carbons (Fsp3) is 0.103. The van der Waals surface area contributed by atoms with E-state index in [1.807, 2.05) is 60.7 Å². The maximum absolute atomic E-state index is 15.9. The Morgan fingerprint density at radius 2 is 0.913 bits per heavy atom. The van der Waals surface area contributed by atoms with E-state index in [4.69, 9.17) is 23.2 Å². The zero-order valence-electron chi connectivity index (χ0n) is 24.2. The molecule has 1 saturated carbocycles. The largest absolute Gasteiger partial charge is 0.297 e. The number of carbonyl (C=O) groups is 3. The van der Waals surface area contributed by atoms with Crippen LogP contribution in [0.4, 0.5) is 10.1 Å². The van der Waals surface area contributed by atoms with Gasteiger partial charge in [-0.05, 0) is 81.9 Å². The molecule has 7 heteroatoms. The van der Waals surface area contributed by atoms with E-state index >= 15 is 4.79 Å². The molecule has 4 atom stereocenters. The molecule has 2 fully saturated rings. The Balaban J connectivity index is 1.56. The Morgan fingerprint density at radius 1 is 0.522 bits per heavy atom. The summed E-state index contributed by atoms with van der Waals surface area (Å²) in [7, 11) is 0. The van der Waals surface area contributed by atoms with Gasteiger partial charge in [0.25, 0.3) is 0 Å². The van der Waals surface area contributed by atoms with Crippen LogP contribution >= 0.6 is 23.2 Å². The molecule has 1 aliphatic heterocycles. The van der Waals surface area contributed by atoms with Crippen LogP contribution in [0.5, 0.6) is 0 Å². The van der Waals surface area contributed by atoms with E-state index in [2.05, 4.69) is 0 Å². The topological polar surface area (TPSA) is 54.5 Å². The lowest BCUT2D eigenvalue weighted by Crippen LogP contribution is -2.45. The molecule has 2 aliphatic carbocycles. The predicted octanol–water partition coefficient (Wildman–Crippen LogP) is 8.32. The molecule has 0 aromatic heterocycles. The first kappa shape index (κ1) is 28.6. The molecule has 0 spiro atoms. The lowest BCUT2D eigenvalue weighted by atomic mass is 9.59. The summed E-state index contributed by atoms with van der Waals surface area (Å²) < 4.78 is 14.0. The van der Waals surface area contributed by atoms with Crippen LogP contribution in [-0.2, 0) is 25.2 Å². The summed E-state index contributed by atoms with van der Waals surface area (Å²) >= 11 is 12.8. The summed E-state index contributed by atoms with van der Waals surface area (Å²) in [6, 6.07) is 38.4. The second kappa shape index (κ2) is 10.3. The lowest BCUT2D eigenvalue weighted by Gasteiger charge is -2.39. The van der Waals surface area contributed by atoms with Gasteiger partial charge in [-0.3, -0.25) is 14.4 Å². The third-order valence-corrected chi connectivity index (χ3v) is 10.3. The Labute approximate surface area is 274 Å². The minimum absolute atomic E-state index is 0.248. The first-order chi connectivity index (χ1) is 22.3. The van der Waals surface area contributed by atoms with Crippen LogP contribution in [0.25, 0.3) is 11.1 Å². The Morgan fingerprint density at radius 3 is 1.30 bits per heavy atom. The Kier molecular flexibility index (Phi) is 6.44. The molecule has 0 N–H and O–H groups in total. The van der Waals surface area contributed by atoms with E-state index in [1.165, 1.54) is 24.3 Å². The SMILES string of the molecule is O=C1[C@H]2[C@H](C(=O)N1c1ccc(F)cc1)[C@]1(c3ccc(Cl)cc3)C(=O)[C@]2(c2ccc(Cl)cc2)C(c2ccccc2)=C1c1ccccc1. The minimum Gasteiger partial charge on any atom is -0.297 e. The molecular formula is C39H24Cl2FNO3. The maximum atomic E-state index is 15.9. The molecule has 4 nitrogen and oxygen atoms in total. The van der Waals surface area contributed by atoms with Gasteiger partial charge >= 0.3 is 0 Å². The molecule has 3 aliphatic rings. The summed E-state index contributed by atoms with van der Waals surface area (Å²) in [6.07, 6.45) is 0. The molecule has 224 valence electrons. The van der Waals surface area contributed by atoms with Crippen LogP contribution in [0.3, 0.4) is 0 Å². The minimum atomic E-state index is -1.57. The van der Waals surface area contributed by atoms with Gasteiger partial charge in [0.1, 0.15) is 5.82 Å². The van der Waals surface area contributed by atoms with Crippen molar-refractivity contribution in [2.75, 3.05) is 4.90 Å². The van der Waals surface area contributed by atoms with E-state index in [0.717, 1.165) is 16.0 Å². The fourth-order valence-corrected chi connectivity index (χ4v) is 8.45. The van der Waals surface area contributed by atoms with Crippen LogP contribution in [0.2, 0.25) is 10.0 Å². The van der Waals surface area contributed by atoms with Gasteiger partial charge in [-0.2, -0.15) is 0 Å². The highest BCUT2D eigenvalue weighted by molar-refractivity contribution is 6.39. The van der Waals surface area contributed by atoms with Crippen molar-refractivity contribution in [2.24, 2.45) is 11.8 Å². The molecule has 2 amide bonds. The quantitative estimate of drug-likeness (QED) is 0.181. The Hall–Kier alpha value is -4.84. The molecule has 1 saturated heterocycles. The maximum Gasteiger partial charge on any atom is 0.239 e. The number of carbonyl (C=O) groups excluding carboxylic acids is 3. The van der Waals surface area contributed by atoms with Crippen molar-refractivity contribution in [3.63, 3.8) is 0 Å². The molecule has 1 heterocycles. The number of rotatable bonds is 5. The number of Topliss-reactive ketones (excluding diaryl/α,β-unsaturated/α-hetero) is 1. The summed E-state index contributed by atoms with van der Waals surface area (Å²) in [5.74, 6) is -3.97. The van der Waals surface area contributed by atoms with Gasteiger partial charge in [-0.25, -0.2) is 9.29 Å². The van der Waals surface area contributed by atoms with Crippen LogP contribution in [0.1, 0.15) is 22.3 Å². The van der Waals surface area contributed by atoms with E-state index in [9.17, 15) is 14.0 Å². The molecule has 5 aromatic carbocycles. The average Bonchev–Trinajstić information content (AvgIpc) is 3.58. The van der Waals surface area contributed by atoms with Gasteiger partial charge < -0.3 is 0 Å². The van der Waals surface area contributed by atoms with Gasteiger partial charge in [-0.1, -0.05) is 108 Å². The van der Waals surface area contributed by atoms with E-state index in [1.54, 1.807) is 48.5 Å². The number of fused-ring (bicyclic) bond motifs is 5. The third-order valence-electron chi connectivity index (χ3n) is 9.80. The van der Waals surface area contributed by atoms with Gasteiger partial charge in [0.15, 0.2) is 5.78 Å². The van der Waals surface area contributed by atoms with E-state index in [-0.39, 0.29) is 11.5 Å². The van der Waals surface area contributed by atoms with Gasteiger partial charge in [0, 0.05) is 10.0 Å². The fourth-order valence-electron chi connectivity index (χ4n) is 8.20. The molecule has 8 rings (SSSR count). The molecule has 46 heavy (non-hydrogen) atoms. The van der Waals surface area contributed by atoms with Crippen molar-refractivity contribution in [1.82, 2.24) is 0 Å². The van der Waals surface area contributed by atoms with Crippen molar-refractivity contribution >= 4 is 57.6 Å². The van der Waals surface area contributed by atoms with Crippen molar-refractivity contribution in [3.8, 4) is 0 Å². The second-order valence-corrected chi connectivity index (χ2v) is 12.8. The molecular weight excluding hydrogens is 620 g/mol. The van der Waals surface area contributed by atoms with E-state index in [0.29, 0.717) is 32.3 Å². The first-order valence-corrected chi connectivity index (χ1v) is 15.6. The summed E-state index contributed by atoms with van der Waals surface area (Å²) in [4.78, 5) is 46.8. The van der Waals surface area contributed by atoms with Crippen LogP contribution in [0.15, 0.2) is 133 Å². The highest BCUT2D eigenvalue weighted by Gasteiger charge is 2.82. The third kappa shape index (κ3) is 3.64. The summed E-state index contributed by atoms with van der Waals surface area (Å²) in [5.41, 5.74) is 1.12. The van der Waals surface area contributed by atoms with Crippen LogP contribution < -0.4 is 4.90 Å². The predicted molar refractivity (Wildman–Crippen MR) is 177 cm³/mol. The number of nitrogens with zero attached hydrogens (tertiary/aromatic N) is 1. The first-order valence-electron chi connectivity index (χ1n) is 14.9. The number of hydrogen-bond acceptors (Lipinski definition) is 3. The van der Waals surface area contributed by atoms with Crippen molar-refractivity contribution in [3.05, 3.63) is 172 Å². The molecule has 2 bridgehead atoms. The van der Waals surface area contributed by atoms with Gasteiger partial charge in [-0.15, -0.1) is 0 Å². The number of ketones is 1. The molecule has 0 unspecified atom stereocenters. The van der Waals surface area contributed by atoms with Crippen LogP contribution in [0, 0.1) is 17.7 Å². The highest BCUT2D eigenvalue weighted by atomic mass is 35.5. The van der Waals surface area contributed by atoms with Gasteiger partial charge in [0.05, 0.1) is 28.4 Å². The Bertz CT molecular complexity index is 1950. The monoisotopic (exact) mass is 643 g/mol. The van der Waals surface area contributed by atoms with Crippen LogP contribution in [-0.4, -0.2) is 17.6 Å². The van der Waals surface area contributed by atoms with E-state index < -0.39 is 40.3 Å². The standard InChI is InChI=1S/C39H24Cl2FNO3/c40-27-15-11-25(12-16-27)38-31(23-7-3-1-4-8-23)32(24-9-5-2-6-10-24)39(37(38)46,26-13-17-28(41)18-14-26)34-33(38)35(44)43(36(34)45)30-21-19-29(42)20-22-30/h1-22,33-34H/t33-,34-,38-,39-/m1/s1. The molecule has 5 aromatic rings. The number of imide groups is 1. The average molecular weight is 645 g/mol. The zero-order valence-corrected chi connectivity index (χ0v) is 25.7. The smallest absolute Gasteiger partial charge is 0.239 e. The summed E-state index contributed by atoms with van der Waals surface area (Å²) in [6.45, 7) is 0. The normalized spacial score (nSPS) is 25.0. The number of amides is 2.